The number of esters is 1. The molecule has 0 unspecified atom stereocenters. The van der Waals surface area contributed by atoms with E-state index in [0.717, 1.165) is 31.2 Å². The largest absolute Gasteiger partial charge is 0.508 e. The minimum atomic E-state index is -0.336. The van der Waals surface area contributed by atoms with Crippen LogP contribution in [0, 0.1) is 13.8 Å². The molecule has 0 bridgehead atoms. The summed E-state index contributed by atoms with van der Waals surface area (Å²) in [6, 6.07) is 10.8. The van der Waals surface area contributed by atoms with Gasteiger partial charge in [-0.25, -0.2) is 4.79 Å². The van der Waals surface area contributed by atoms with Crippen molar-refractivity contribution in [2.45, 2.75) is 51.6 Å². The molecule has 1 aliphatic rings. The third-order valence-corrected chi connectivity index (χ3v) is 5.05. The molecule has 3 rings (SSSR count). The monoisotopic (exact) mass is 340 g/mol. The standard InChI is InChI=1S/C21H24O4/c1-13-11-16(12-14(2)20(13)23)21(24)25-17-9-7-15(8-10-17)18-5-3-4-6-19(18)22/h3-6,11-12,15,17,22-23H,7-10H2,1-2H3. The van der Waals surface area contributed by atoms with Gasteiger partial charge in [0.05, 0.1) is 5.56 Å². The zero-order valence-corrected chi connectivity index (χ0v) is 14.7. The van der Waals surface area contributed by atoms with Gasteiger partial charge in [-0.15, -0.1) is 0 Å². The summed E-state index contributed by atoms with van der Waals surface area (Å²) < 4.78 is 5.66. The van der Waals surface area contributed by atoms with Gasteiger partial charge in [-0.2, -0.15) is 0 Å². The number of benzene rings is 2. The fourth-order valence-electron chi connectivity index (χ4n) is 3.62. The van der Waals surface area contributed by atoms with Gasteiger partial charge in [0.2, 0.25) is 0 Å². The number of aromatic hydroxyl groups is 2. The summed E-state index contributed by atoms with van der Waals surface area (Å²) in [5, 5.41) is 19.8. The van der Waals surface area contributed by atoms with Crippen molar-refractivity contribution in [2.75, 3.05) is 0 Å². The maximum atomic E-state index is 12.4. The van der Waals surface area contributed by atoms with Crippen molar-refractivity contribution < 1.29 is 19.7 Å². The van der Waals surface area contributed by atoms with Crippen molar-refractivity contribution in [2.24, 2.45) is 0 Å². The Labute approximate surface area is 148 Å². The van der Waals surface area contributed by atoms with Crippen molar-refractivity contribution in [1.82, 2.24) is 0 Å². The number of rotatable bonds is 3. The number of para-hydroxylation sites is 1. The number of ether oxygens (including phenoxy) is 1. The molecule has 25 heavy (non-hydrogen) atoms. The molecule has 0 heterocycles. The fourth-order valence-corrected chi connectivity index (χ4v) is 3.62. The molecule has 0 atom stereocenters. The van der Waals surface area contributed by atoms with Crippen molar-refractivity contribution in [3.8, 4) is 11.5 Å². The molecular weight excluding hydrogens is 316 g/mol. The Morgan fingerprint density at radius 3 is 2.20 bits per heavy atom. The molecule has 0 saturated heterocycles. The molecule has 1 aliphatic carbocycles. The zero-order valence-electron chi connectivity index (χ0n) is 14.7. The predicted molar refractivity (Wildman–Crippen MR) is 96.1 cm³/mol. The van der Waals surface area contributed by atoms with Crippen LogP contribution in [-0.4, -0.2) is 22.3 Å². The Kier molecular flexibility index (Phi) is 4.98. The van der Waals surface area contributed by atoms with E-state index in [2.05, 4.69) is 0 Å². The number of carbonyl (C=O) groups excluding carboxylic acids is 1. The lowest BCUT2D eigenvalue weighted by Gasteiger charge is -2.29. The van der Waals surface area contributed by atoms with Crippen LogP contribution in [-0.2, 0) is 4.74 Å². The molecule has 1 fully saturated rings. The summed E-state index contributed by atoms with van der Waals surface area (Å²) in [7, 11) is 0. The molecule has 0 aliphatic heterocycles. The van der Waals surface area contributed by atoms with Gasteiger partial charge >= 0.3 is 5.97 Å². The van der Waals surface area contributed by atoms with Gasteiger partial charge in [-0.3, -0.25) is 0 Å². The van der Waals surface area contributed by atoms with Crippen LogP contribution in [0.5, 0.6) is 11.5 Å². The lowest BCUT2D eigenvalue weighted by Crippen LogP contribution is -2.24. The number of hydrogen-bond donors (Lipinski definition) is 2. The first-order valence-electron chi connectivity index (χ1n) is 8.74. The summed E-state index contributed by atoms with van der Waals surface area (Å²) in [6.07, 6.45) is 3.28. The smallest absolute Gasteiger partial charge is 0.338 e. The minimum absolute atomic E-state index is 0.0935. The van der Waals surface area contributed by atoms with E-state index in [9.17, 15) is 15.0 Å². The lowest BCUT2D eigenvalue weighted by atomic mass is 9.82. The van der Waals surface area contributed by atoms with Crippen LogP contribution in [0.1, 0.15) is 58.6 Å². The first kappa shape index (κ1) is 17.3. The highest BCUT2D eigenvalue weighted by Gasteiger charge is 2.26. The summed E-state index contributed by atoms with van der Waals surface area (Å²) in [5.41, 5.74) is 2.82. The lowest BCUT2D eigenvalue weighted by molar-refractivity contribution is 0.0194. The van der Waals surface area contributed by atoms with Crippen molar-refractivity contribution in [1.29, 1.82) is 0 Å². The van der Waals surface area contributed by atoms with E-state index < -0.39 is 0 Å². The van der Waals surface area contributed by atoms with Crippen LogP contribution in [0.3, 0.4) is 0 Å². The van der Waals surface area contributed by atoms with E-state index >= 15 is 0 Å². The highest BCUT2D eigenvalue weighted by molar-refractivity contribution is 5.90. The SMILES string of the molecule is Cc1cc(C(=O)OC2CCC(c3ccccc3O)CC2)cc(C)c1O. The van der Waals surface area contributed by atoms with E-state index in [1.165, 1.54) is 0 Å². The molecular formula is C21H24O4. The molecule has 0 spiro atoms. The molecule has 132 valence electrons. The van der Waals surface area contributed by atoms with Gasteiger partial charge in [0.25, 0.3) is 0 Å². The van der Waals surface area contributed by atoms with Crippen molar-refractivity contribution in [3.05, 3.63) is 58.7 Å². The van der Waals surface area contributed by atoms with Crippen LogP contribution >= 0.6 is 0 Å². The highest BCUT2D eigenvalue weighted by Crippen LogP contribution is 2.38. The van der Waals surface area contributed by atoms with Crippen LogP contribution in [0.2, 0.25) is 0 Å². The third kappa shape index (κ3) is 3.78. The number of phenolic OH excluding ortho intramolecular Hbond substituents is 2. The van der Waals surface area contributed by atoms with Gasteiger partial charge in [-0.05, 0) is 80.3 Å². The van der Waals surface area contributed by atoms with Crippen LogP contribution in [0.4, 0.5) is 0 Å². The first-order valence-corrected chi connectivity index (χ1v) is 8.74. The Balaban J connectivity index is 1.61. The molecule has 0 amide bonds. The van der Waals surface area contributed by atoms with Crippen LogP contribution in [0.25, 0.3) is 0 Å². The van der Waals surface area contributed by atoms with Crippen molar-refractivity contribution in [3.63, 3.8) is 0 Å². The van der Waals surface area contributed by atoms with Gasteiger partial charge in [0, 0.05) is 0 Å². The molecule has 1 saturated carbocycles. The maximum Gasteiger partial charge on any atom is 0.338 e. The molecule has 2 N–H and O–H groups in total. The zero-order chi connectivity index (χ0) is 18.0. The first-order chi connectivity index (χ1) is 12.0. The Hall–Kier alpha value is -2.49. The summed E-state index contributed by atoms with van der Waals surface area (Å²) in [6.45, 7) is 3.55. The normalized spacial score (nSPS) is 20.2. The highest BCUT2D eigenvalue weighted by atomic mass is 16.5. The molecule has 2 aromatic carbocycles. The maximum absolute atomic E-state index is 12.4. The second kappa shape index (κ2) is 7.18. The van der Waals surface area contributed by atoms with Crippen LogP contribution < -0.4 is 0 Å². The quantitative estimate of drug-likeness (QED) is 0.802. The van der Waals surface area contributed by atoms with E-state index in [1.54, 1.807) is 32.0 Å². The van der Waals surface area contributed by atoms with Gasteiger partial charge < -0.3 is 14.9 Å². The average Bonchev–Trinajstić information content (AvgIpc) is 2.60. The van der Waals surface area contributed by atoms with Gasteiger partial charge in [0.1, 0.15) is 17.6 Å². The summed E-state index contributed by atoms with van der Waals surface area (Å²) in [5.74, 6) is 0.546. The van der Waals surface area contributed by atoms with E-state index in [1.807, 2.05) is 18.2 Å². The van der Waals surface area contributed by atoms with E-state index in [0.29, 0.717) is 28.4 Å². The summed E-state index contributed by atoms with van der Waals surface area (Å²) in [4.78, 5) is 12.4. The topological polar surface area (TPSA) is 66.8 Å². The predicted octanol–water partition coefficient (Wildman–Crippen LogP) is 4.60. The minimum Gasteiger partial charge on any atom is -0.508 e. The molecule has 0 aromatic heterocycles. The van der Waals surface area contributed by atoms with Crippen molar-refractivity contribution >= 4 is 5.97 Å². The van der Waals surface area contributed by atoms with Gasteiger partial charge in [-0.1, -0.05) is 18.2 Å². The second-order valence-electron chi connectivity index (χ2n) is 6.90. The van der Waals surface area contributed by atoms with E-state index in [4.69, 9.17) is 4.74 Å². The number of carbonyl (C=O) groups is 1. The number of hydrogen-bond acceptors (Lipinski definition) is 4. The van der Waals surface area contributed by atoms with E-state index in [-0.39, 0.29) is 17.8 Å². The average molecular weight is 340 g/mol. The fraction of sp³-hybridized carbons (Fsp3) is 0.381. The number of phenols is 2. The Morgan fingerprint density at radius 2 is 1.60 bits per heavy atom. The second-order valence-corrected chi connectivity index (χ2v) is 6.90. The molecule has 0 radical (unpaired) electrons. The molecule has 4 heteroatoms. The Bertz CT molecular complexity index is 750. The van der Waals surface area contributed by atoms with Crippen LogP contribution in [0.15, 0.2) is 36.4 Å². The number of aryl methyl sites for hydroxylation is 2. The third-order valence-electron chi connectivity index (χ3n) is 5.05. The van der Waals surface area contributed by atoms with Gasteiger partial charge in [0.15, 0.2) is 0 Å². The molecule has 4 nitrogen and oxygen atoms in total. The molecule has 2 aromatic rings. The Morgan fingerprint density at radius 1 is 1.00 bits per heavy atom. The summed E-state index contributed by atoms with van der Waals surface area (Å²) >= 11 is 0.